The van der Waals surface area contributed by atoms with Crippen LogP contribution in [0.3, 0.4) is 0 Å². The minimum atomic E-state index is -0.135. The predicted octanol–water partition coefficient (Wildman–Crippen LogP) is 5.25. The number of fused-ring (bicyclic) bond motifs is 1. The summed E-state index contributed by atoms with van der Waals surface area (Å²) < 4.78 is 7.35. The van der Waals surface area contributed by atoms with E-state index in [1.165, 1.54) is 6.42 Å². The Morgan fingerprint density at radius 3 is 2.71 bits per heavy atom. The number of aromatic nitrogens is 1. The second-order valence-corrected chi connectivity index (χ2v) is 7.03. The molecule has 0 N–H and O–H groups in total. The first-order valence-electron chi connectivity index (χ1n) is 7.11. The lowest BCUT2D eigenvalue weighted by molar-refractivity contribution is -0.139. The maximum Gasteiger partial charge on any atom is 0.314 e. The molecule has 1 saturated carbocycles. The van der Waals surface area contributed by atoms with E-state index in [2.05, 4.69) is 36.8 Å². The summed E-state index contributed by atoms with van der Waals surface area (Å²) >= 11 is 6.99. The summed E-state index contributed by atoms with van der Waals surface area (Å²) in [7, 11) is 0. The molecule has 0 atom stereocenters. The van der Waals surface area contributed by atoms with Crippen LogP contribution in [0, 0.1) is 5.92 Å². The van der Waals surface area contributed by atoms with Crippen molar-refractivity contribution in [2.75, 3.05) is 0 Å². The zero-order valence-electron chi connectivity index (χ0n) is 11.4. The summed E-state index contributed by atoms with van der Waals surface area (Å²) in [6.45, 7) is 0. The van der Waals surface area contributed by atoms with Gasteiger partial charge >= 0.3 is 5.97 Å². The molecule has 0 aliphatic heterocycles. The summed E-state index contributed by atoms with van der Waals surface area (Å²) in [6, 6.07) is 5.72. The minimum absolute atomic E-state index is 0.0214. The molecule has 110 valence electrons. The molecule has 1 heterocycles. The molecule has 1 aliphatic carbocycles. The molecule has 0 saturated heterocycles. The molecular formula is C16H15Br2NO2. The Bertz CT molecular complexity index is 681. The molecule has 0 bridgehead atoms. The Morgan fingerprint density at radius 1 is 1.19 bits per heavy atom. The minimum Gasteiger partial charge on any atom is -0.423 e. The normalized spacial score (nSPS) is 16.1. The van der Waals surface area contributed by atoms with Gasteiger partial charge in [0.05, 0.1) is 10.4 Å². The second-order valence-electron chi connectivity index (χ2n) is 5.32. The molecule has 0 amide bonds. The predicted molar refractivity (Wildman–Crippen MR) is 89.4 cm³/mol. The number of carbonyl (C=O) groups is 1. The molecule has 21 heavy (non-hydrogen) atoms. The lowest BCUT2D eigenvalue weighted by Crippen LogP contribution is -2.23. The molecule has 1 aromatic carbocycles. The second kappa shape index (κ2) is 6.44. The van der Waals surface area contributed by atoms with Crippen molar-refractivity contribution < 1.29 is 9.53 Å². The first kappa shape index (κ1) is 15.0. The van der Waals surface area contributed by atoms with Crippen LogP contribution >= 0.6 is 31.9 Å². The van der Waals surface area contributed by atoms with E-state index in [1.807, 2.05) is 18.2 Å². The zero-order chi connectivity index (χ0) is 14.8. The number of esters is 1. The molecule has 5 heteroatoms. The SMILES string of the molecule is O=C(Oc1c(Br)cc(Br)c2cccnc12)C1CCCCC1. The highest BCUT2D eigenvalue weighted by Gasteiger charge is 2.25. The van der Waals surface area contributed by atoms with Crippen LogP contribution in [0.2, 0.25) is 0 Å². The Hall–Kier alpha value is -0.940. The molecule has 1 aliphatic rings. The number of ether oxygens (including phenoxy) is 1. The van der Waals surface area contributed by atoms with Gasteiger partial charge in [-0.15, -0.1) is 0 Å². The van der Waals surface area contributed by atoms with Crippen molar-refractivity contribution in [3.63, 3.8) is 0 Å². The maximum atomic E-state index is 12.4. The van der Waals surface area contributed by atoms with Crippen LogP contribution in [-0.2, 0) is 4.79 Å². The summed E-state index contributed by atoms with van der Waals surface area (Å²) in [5.41, 5.74) is 0.697. The van der Waals surface area contributed by atoms with Gasteiger partial charge < -0.3 is 4.74 Å². The average molecular weight is 413 g/mol. The largest absolute Gasteiger partial charge is 0.423 e. The van der Waals surface area contributed by atoms with Gasteiger partial charge in [0, 0.05) is 16.1 Å². The number of hydrogen-bond donors (Lipinski definition) is 0. The van der Waals surface area contributed by atoms with Gasteiger partial charge in [0.25, 0.3) is 0 Å². The molecule has 0 radical (unpaired) electrons. The van der Waals surface area contributed by atoms with E-state index in [-0.39, 0.29) is 11.9 Å². The van der Waals surface area contributed by atoms with Crippen LogP contribution in [0.4, 0.5) is 0 Å². The third kappa shape index (κ3) is 3.14. The van der Waals surface area contributed by atoms with Gasteiger partial charge in [-0.25, -0.2) is 0 Å². The number of pyridine rings is 1. The van der Waals surface area contributed by atoms with E-state index < -0.39 is 0 Å². The molecule has 3 rings (SSSR count). The van der Waals surface area contributed by atoms with E-state index >= 15 is 0 Å². The van der Waals surface area contributed by atoms with E-state index in [1.54, 1.807) is 6.20 Å². The summed E-state index contributed by atoms with van der Waals surface area (Å²) in [6.07, 6.45) is 7.01. The van der Waals surface area contributed by atoms with Crippen LogP contribution in [0.1, 0.15) is 32.1 Å². The van der Waals surface area contributed by atoms with Crippen LogP contribution in [0.25, 0.3) is 10.9 Å². The van der Waals surface area contributed by atoms with Crippen molar-refractivity contribution in [3.05, 3.63) is 33.3 Å². The number of nitrogens with zero attached hydrogens (tertiary/aromatic N) is 1. The van der Waals surface area contributed by atoms with Gasteiger partial charge in [0.2, 0.25) is 0 Å². The van der Waals surface area contributed by atoms with Crippen molar-refractivity contribution >= 4 is 48.7 Å². The number of hydrogen-bond acceptors (Lipinski definition) is 3. The van der Waals surface area contributed by atoms with Crippen LogP contribution in [0.5, 0.6) is 5.75 Å². The molecule has 0 unspecified atom stereocenters. The van der Waals surface area contributed by atoms with Gasteiger partial charge in [-0.05, 0) is 40.9 Å². The number of benzene rings is 1. The first-order chi connectivity index (χ1) is 10.2. The van der Waals surface area contributed by atoms with Gasteiger partial charge in [-0.2, -0.15) is 0 Å². The smallest absolute Gasteiger partial charge is 0.314 e. The highest BCUT2D eigenvalue weighted by atomic mass is 79.9. The topological polar surface area (TPSA) is 39.2 Å². The molecule has 1 fully saturated rings. The van der Waals surface area contributed by atoms with Gasteiger partial charge in [0.1, 0.15) is 5.52 Å². The summed E-state index contributed by atoms with van der Waals surface area (Å²) in [5, 5.41) is 0.937. The van der Waals surface area contributed by atoms with E-state index in [4.69, 9.17) is 4.74 Å². The fraction of sp³-hybridized carbons (Fsp3) is 0.375. The first-order valence-corrected chi connectivity index (χ1v) is 8.70. The fourth-order valence-corrected chi connectivity index (χ4v) is 4.12. The quantitative estimate of drug-likeness (QED) is 0.499. The Kier molecular flexibility index (Phi) is 4.60. The molecule has 0 spiro atoms. The van der Waals surface area contributed by atoms with Crippen LogP contribution in [0.15, 0.2) is 33.3 Å². The number of rotatable bonds is 2. The Labute approximate surface area is 140 Å². The summed E-state index contributed by atoms with van der Waals surface area (Å²) in [5.74, 6) is 0.405. The lowest BCUT2D eigenvalue weighted by Gasteiger charge is -2.20. The number of carbonyl (C=O) groups excluding carboxylic acids is 1. The highest BCUT2D eigenvalue weighted by molar-refractivity contribution is 9.11. The van der Waals surface area contributed by atoms with Gasteiger partial charge in [-0.1, -0.05) is 41.3 Å². The Balaban J connectivity index is 1.94. The van der Waals surface area contributed by atoms with Crippen molar-refractivity contribution in [3.8, 4) is 5.75 Å². The van der Waals surface area contributed by atoms with Crippen LogP contribution in [-0.4, -0.2) is 11.0 Å². The van der Waals surface area contributed by atoms with Crippen LogP contribution < -0.4 is 4.74 Å². The standard InChI is InChI=1S/C16H15Br2NO2/c17-12-9-13(18)15(14-11(12)7-4-8-19-14)21-16(20)10-5-2-1-3-6-10/h4,7-10H,1-3,5-6H2. The van der Waals surface area contributed by atoms with E-state index in [0.717, 1.165) is 40.0 Å². The van der Waals surface area contributed by atoms with Gasteiger partial charge in [-0.3, -0.25) is 9.78 Å². The third-order valence-electron chi connectivity index (χ3n) is 3.89. The zero-order valence-corrected chi connectivity index (χ0v) is 14.6. The molecule has 2 aromatic rings. The Morgan fingerprint density at radius 2 is 1.95 bits per heavy atom. The van der Waals surface area contributed by atoms with E-state index in [0.29, 0.717) is 11.3 Å². The summed E-state index contributed by atoms with van der Waals surface area (Å²) in [4.78, 5) is 16.7. The third-order valence-corrected chi connectivity index (χ3v) is 5.14. The fourth-order valence-electron chi connectivity index (χ4n) is 2.77. The maximum absolute atomic E-state index is 12.4. The van der Waals surface area contributed by atoms with Crippen molar-refractivity contribution in [2.45, 2.75) is 32.1 Å². The van der Waals surface area contributed by atoms with Crippen molar-refractivity contribution in [1.29, 1.82) is 0 Å². The van der Waals surface area contributed by atoms with Crippen molar-refractivity contribution in [1.82, 2.24) is 4.98 Å². The van der Waals surface area contributed by atoms with E-state index in [9.17, 15) is 4.79 Å². The molecule has 1 aromatic heterocycles. The average Bonchev–Trinajstić information content (AvgIpc) is 2.52. The monoisotopic (exact) mass is 411 g/mol. The van der Waals surface area contributed by atoms with Gasteiger partial charge in [0.15, 0.2) is 5.75 Å². The lowest BCUT2D eigenvalue weighted by atomic mass is 9.89. The highest BCUT2D eigenvalue weighted by Crippen LogP contribution is 2.38. The number of halogens is 2. The van der Waals surface area contributed by atoms with Crippen molar-refractivity contribution in [2.24, 2.45) is 5.92 Å². The molecular weight excluding hydrogens is 398 g/mol. The molecule has 3 nitrogen and oxygen atoms in total.